The molecule has 0 N–H and O–H groups in total. The normalized spacial score (nSPS) is 19.0. The zero-order valence-electron chi connectivity index (χ0n) is 15.1. The molecule has 1 aliphatic heterocycles. The van der Waals surface area contributed by atoms with Gasteiger partial charge in [-0.05, 0) is 30.7 Å². The van der Waals surface area contributed by atoms with Gasteiger partial charge < -0.3 is 9.47 Å². The maximum Gasteiger partial charge on any atom is 0.266 e. The van der Waals surface area contributed by atoms with Gasteiger partial charge in [0.25, 0.3) is 11.8 Å². The van der Waals surface area contributed by atoms with Crippen LogP contribution >= 0.6 is 0 Å². The fraction of sp³-hybridized carbons (Fsp3) is 0.238. The molecule has 142 valence electrons. The third-order valence-corrected chi connectivity index (χ3v) is 4.95. The number of carbonyl (C=O) groups is 4. The smallest absolute Gasteiger partial charge is 0.266 e. The summed E-state index contributed by atoms with van der Waals surface area (Å²) in [6.45, 7) is 0. The van der Waals surface area contributed by atoms with Crippen molar-refractivity contribution < 1.29 is 28.7 Å². The Labute approximate surface area is 160 Å². The molecule has 1 fully saturated rings. The number of fused-ring (bicyclic) bond motifs is 1. The van der Waals surface area contributed by atoms with E-state index in [2.05, 4.69) is 0 Å². The molecule has 1 saturated carbocycles. The van der Waals surface area contributed by atoms with Crippen LogP contribution in [0.25, 0.3) is 0 Å². The average molecular weight is 379 g/mol. The molecule has 0 bridgehead atoms. The lowest BCUT2D eigenvalue weighted by molar-refractivity contribution is -0.132. The monoisotopic (exact) mass is 379 g/mol. The number of Topliss-reactive ketones (excluding diaryl/α,β-unsaturated/α-hetero) is 2. The summed E-state index contributed by atoms with van der Waals surface area (Å²) in [5, 5.41) is 0. The van der Waals surface area contributed by atoms with Crippen molar-refractivity contribution in [1.29, 1.82) is 0 Å². The first-order valence-corrected chi connectivity index (χ1v) is 8.87. The molecule has 28 heavy (non-hydrogen) atoms. The van der Waals surface area contributed by atoms with Crippen LogP contribution in [0.15, 0.2) is 42.5 Å². The average Bonchev–Trinajstić information content (AvgIpc) is 2.94. The number of carbonyl (C=O) groups excluding carboxylic acids is 4. The number of hydrogen-bond donors (Lipinski definition) is 0. The summed E-state index contributed by atoms with van der Waals surface area (Å²) in [7, 11) is 1.50. The summed E-state index contributed by atoms with van der Waals surface area (Å²) in [4.78, 5) is 50.6. The van der Waals surface area contributed by atoms with Crippen molar-refractivity contribution in [3.05, 3.63) is 53.6 Å². The molecule has 2 amide bonds. The Bertz CT molecular complexity index is 1010. The number of ketones is 2. The van der Waals surface area contributed by atoms with E-state index in [1.54, 1.807) is 36.4 Å². The number of methoxy groups -OCH3 is 1. The highest BCUT2D eigenvalue weighted by molar-refractivity contribution is 6.24. The van der Waals surface area contributed by atoms with Gasteiger partial charge in [-0.25, -0.2) is 0 Å². The van der Waals surface area contributed by atoms with E-state index in [0.29, 0.717) is 11.5 Å². The summed E-state index contributed by atoms with van der Waals surface area (Å²) >= 11 is 0. The lowest BCUT2D eigenvalue weighted by atomic mass is 9.92. The Morgan fingerprint density at radius 2 is 1.61 bits per heavy atom. The van der Waals surface area contributed by atoms with Crippen molar-refractivity contribution in [2.45, 2.75) is 25.3 Å². The number of para-hydroxylation sites is 2. The van der Waals surface area contributed by atoms with Crippen LogP contribution in [-0.4, -0.2) is 41.4 Å². The predicted molar refractivity (Wildman–Crippen MR) is 97.7 cm³/mol. The molecule has 7 nitrogen and oxygen atoms in total. The fourth-order valence-electron chi connectivity index (χ4n) is 3.59. The van der Waals surface area contributed by atoms with Gasteiger partial charge in [0, 0.05) is 6.42 Å². The summed E-state index contributed by atoms with van der Waals surface area (Å²) in [6.07, 6.45) is 0.0862. The lowest BCUT2D eigenvalue weighted by Gasteiger charge is -2.27. The Kier molecular flexibility index (Phi) is 4.43. The predicted octanol–water partition coefficient (Wildman–Crippen LogP) is 2.77. The second-order valence-corrected chi connectivity index (χ2v) is 6.65. The van der Waals surface area contributed by atoms with Crippen molar-refractivity contribution in [1.82, 2.24) is 4.90 Å². The SMILES string of the molecule is COc1ccccc1Oc1cccc2c1C(=O)N(C1CCC(=O)CC1=O)C2=O. The fourth-order valence-corrected chi connectivity index (χ4v) is 3.59. The number of imide groups is 1. The van der Waals surface area contributed by atoms with E-state index in [9.17, 15) is 19.2 Å². The molecule has 4 rings (SSSR count). The van der Waals surface area contributed by atoms with E-state index in [-0.39, 0.29) is 41.9 Å². The Hall–Kier alpha value is -3.48. The number of hydrogen-bond acceptors (Lipinski definition) is 6. The largest absolute Gasteiger partial charge is 0.493 e. The van der Waals surface area contributed by atoms with Crippen LogP contribution in [0.2, 0.25) is 0 Å². The second-order valence-electron chi connectivity index (χ2n) is 6.65. The minimum absolute atomic E-state index is 0.114. The molecule has 1 unspecified atom stereocenters. The third-order valence-electron chi connectivity index (χ3n) is 4.95. The van der Waals surface area contributed by atoms with Crippen molar-refractivity contribution in [3.8, 4) is 17.2 Å². The maximum atomic E-state index is 13.1. The highest BCUT2D eigenvalue weighted by atomic mass is 16.5. The summed E-state index contributed by atoms with van der Waals surface area (Å²) in [5.41, 5.74) is 0.296. The maximum absolute atomic E-state index is 13.1. The number of ether oxygens (including phenoxy) is 2. The molecule has 0 aromatic heterocycles. The highest BCUT2D eigenvalue weighted by Gasteiger charge is 2.45. The highest BCUT2D eigenvalue weighted by Crippen LogP contribution is 2.38. The zero-order valence-corrected chi connectivity index (χ0v) is 15.1. The molecule has 0 spiro atoms. The first-order valence-electron chi connectivity index (χ1n) is 8.87. The van der Waals surface area contributed by atoms with E-state index >= 15 is 0 Å². The van der Waals surface area contributed by atoms with Crippen LogP contribution in [0.1, 0.15) is 40.0 Å². The molecule has 0 radical (unpaired) electrons. The van der Waals surface area contributed by atoms with E-state index in [4.69, 9.17) is 9.47 Å². The van der Waals surface area contributed by atoms with Crippen LogP contribution in [0.3, 0.4) is 0 Å². The van der Waals surface area contributed by atoms with Crippen LogP contribution in [0.5, 0.6) is 17.2 Å². The van der Waals surface area contributed by atoms with Gasteiger partial charge in [0.1, 0.15) is 11.5 Å². The summed E-state index contributed by atoms with van der Waals surface area (Å²) in [5.74, 6) is -0.610. The molecule has 1 aliphatic carbocycles. The molecule has 2 aromatic carbocycles. The minimum Gasteiger partial charge on any atom is -0.493 e. The van der Waals surface area contributed by atoms with Gasteiger partial charge >= 0.3 is 0 Å². The zero-order chi connectivity index (χ0) is 19.8. The van der Waals surface area contributed by atoms with E-state index in [1.807, 2.05) is 0 Å². The van der Waals surface area contributed by atoms with Gasteiger partial charge in [-0.2, -0.15) is 0 Å². The Morgan fingerprint density at radius 1 is 0.893 bits per heavy atom. The summed E-state index contributed by atoms with van der Waals surface area (Å²) in [6, 6.07) is 10.8. The molecule has 0 saturated heterocycles. The Balaban J connectivity index is 1.70. The van der Waals surface area contributed by atoms with Crippen molar-refractivity contribution in [2.75, 3.05) is 7.11 Å². The number of benzene rings is 2. The van der Waals surface area contributed by atoms with Gasteiger partial charge in [-0.15, -0.1) is 0 Å². The first-order chi connectivity index (χ1) is 13.5. The van der Waals surface area contributed by atoms with E-state index in [0.717, 1.165) is 4.90 Å². The van der Waals surface area contributed by atoms with E-state index in [1.165, 1.54) is 13.2 Å². The van der Waals surface area contributed by atoms with Gasteiger partial charge in [0.15, 0.2) is 17.3 Å². The quantitative estimate of drug-likeness (QED) is 0.599. The second kappa shape index (κ2) is 6.92. The number of nitrogens with zero attached hydrogens (tertiary/aromatic N) is 1. The van der Waals surface area contributed by atoms with Crippen LogP contribution in [0.4, 0.5) is 0 Å². The molecule has 7 heteroatoms. The topological polar surface area (TPSA) is 90.0 Å². The number of amides is 2. The first kappa shape index (κ1) is 17.9. The molecule has 1 heterocycles. The van der Waals surface area contributed by atoms with Gasteiger partial charge in [0.2, 0.25) is 0 Å². The van der Waals surface area contributed by atoms with Gasteiger partial charge in [0.05, 0.1) is 30.7 Å². The van der Waals surface area contributed by atoms with E-state index < -0.39 is 23.6 Å². The minimum atomic E-state index is -0.913. The molecular weight excluding hydrogens is 362 g/mol. The van der Waals surface area contributed by atoms with Crippen LogP contribution < -0.4 is 9.47 Å². The van der Waals surface area contributed by atoms with Crippen molar-refractivity contribution in [3.63, 3.8) is 0 Å². The molecule has 1 atom stereocenters. The standard InChI is InChI=1S/C21H17NO6/c1-27-16-6-2-3-7-17(16)28-18-8-4-5-13-19(18)21(26)22(20(13)25)14-10-9-12(23)11-15(14)24/h2-8,14H,9-11H2,1H3. The van der Waals surface area contributed by atoms with Crippen LogP contribution in [-0.2, 0) is 9.59 Å². The third kappa shape index (κ3) is 2.85. The van der Waals surface area contributed by atoms with Gasteiger partial charge in [-0.3, -0.25) is 24.1 Å². The molecular formula is C21H17NO6. The van der Waals surface area contributed by atoms with Crippen molar-refractivity contribution in [2.24, 2.45) is 0 Å². The molecule has 2 aromatic rings. The van der Waals surface area contributed by atoms with Gasteiger partial charge in [-0.1, -0.05) is 18.2 Å². The molecule has 2 aliphatic rings. The lowest BCUT2D eigenvalue weighted by Crippen LogP contribution is -2.47. The van der Waals surface area contributed by atoms with Crippen molar-refractivity contribution >= 4 is 23.4 Å². The van der Waals surface area contributed by atoms with Crippen LogP contribution in [0, 0.1) is 0 Å². The summed E-state index contributed by atoms with van der Waals surface area (Å²) < 4.78 is 11.1. The Morgan fingerprint density at radius 3 is 2.32 bits per heavy atom. The number of rotatable bonds is 4.